The van der Waals surface area contributed by atoms with Crippen molar-refractivity contribution in [3.05, 3.63) is 74.3 Å². The zero-order valence-corrected chi connectivity index (χ0v) is 14.3. The molecule has 4 rings (SSSR count). The Labute approximate surface area is 156 Å². The van der Waals surface area contributed by atoms with E-state index in [2.05, 4.69) is 9.72 Å². The lowest BCUT2D eigenvalue weighted by atomic mass is 10.1. The molecule has 7 nitrogen and oxygen atoms in total. The number of non-ortho nitro benzene ring substituents is 1. The number of nitro benzene ring substituents is 1. The topological polar surface area (TPSA) is 87.3 Å². The molecule has 1 aromatic heterocycles. The fourth-order valence-electron chi connectivity index (χ4n) is 3.25. The maximum Gasteiger partial charge on any atom is 0.387 e. The number of hydrogen-bond donors (Lipinski definition) is 0. The Morgan fingerprint density at radius 2 is 2.04 bits per heavy atom. The molecule has 0 unspecified atom stereocenters. The number of rotatable bonds is 4. The molecule has 28 heavy (non-hydrogen) atoms. The molecule has 2 aromatic carbocycles. The minimum Gasteiger partial charge on any atom is -0.434 e. The number of benzene rings is 2. The van der Waals surface area contributed by atoms with Crippen molar-refractivity contribution in [2.75, 3.05) is 0 Å². The number of allylic oxidation sites excluding steroid dienone is 1. The van der Waals surface area contributed by atoms with Gasteiger partial charge in [-0.2, -0.15) is 8.78 Å². The van der Waals surface area contributed by atoms with Crippen molar-refractivity contribution in [2.45, 2.75) is 19.6 Å². The molecular weight excluding hydrogens is 372 g/mol. The third-order valence-corrected chi connectivity index (χ3v) is 4.51. The molecule has 0 saturated heterocycles. The van der Waals surface area contributed by atoms with E-state index in [0.29, 0.717) is 35.4 Å². The lowest BCUT2D eigenvalue weighted by Gasteiger charge is -2.09. The minimum atomic E-state index is -2.95. The molecule has 0 aliphatic carbocycles. The first kappa shape index (κ1) is 17.8. The van der Waals surface area contributed by atoms with Crippen LogP contribution in [-0.4, -0.2) is 21.1 Å². The smallest absolute Gasteiger partial charge is 0.387 e. The number of nitrogens with zero attached hydrogens (tertiary/aromatic N) is 3. The summed E-state index contributed by atoms with van der Waals surface area (Å²) in [6, 6.07) is 10.3. The van der Waals surface area contributed by atoms with Crippen LogP contribution < -0.4 is 10.3 Å². The first-order valence-corrected chi connectivity index (χ1v) is 8.38. The average Bonchev–Trinajstić information content (AvgIpc) is 3.06. The minimum absolute atomic E-state index is 0.0298. The zero-order valence-electron chi connectivity index (χ0n) is 14.3. The number of nitro groups is 1. The molecule has 2 heterocycles. The molecular formula is C19H13F2N3O4. The van der Waals surface area contributed by atoms with Crippen molar-refractivity contribution >= 4 is 28.2 Å². The Kier molecular flexibility index (Phi) is 4.34. The van der Waals surface area contributed by atoms with Gasteiger partial charge in [-0.15, -0.1) is 0 Å². The predicted octanol–water partition coefficient (Wildman–Crippen LogP) is 3.85. The van der Waals surface area contributed by atoms with Crippen LogP contribution in [0.15, 0.2) is 47.3 Å². The van der Waals surface area contributed by atoms with E-state index in [1.54, 1.807) is 24.3 Å². The lowest BCUT2D eigenvalue weighted by molar-refractivity contribution is -0.384. The standard InChI is InChI=1S/C19H13F2N3O4/c20-19(21)28-16-4-2-1-3-11(16)9-12-7-8-23-17(12)22-15-6-5-13(24(26)27)10-14(15)18(23)25/h1-6,9-10,19H,7-8H2/b12-9-. The average molecular weight is 385 g/mol. The molecule has 1 aliphatic rings. The second-order valence-electron chi connectivity index (χ2n) is 6.19. The molecule has 0 spiro atoms. The van der Waals surface area contributed by atoms with Crippen LogP contribution in [0, 0.1) is 10.1 Å². The number of ether oxygens (including phenoxy) is 1. The summed E-state index contributed by atoms with van der Waals surface area (Å²) >= 11 is 0. The summed E-state index contributed by atoms with van der Waals surface area (Å²) < 4.78 is 31.2. The molecule has 0 radical (unpaired) electrons. The summed E-state index contributed by atoms with van der Waals surface area (Å²) in [7, 11) is 0. The van der Waals surface area contributed by atoms with E-state index >= 15 is 0 Å². The maximum absolute atomic E-state index is 12.8. The van der Waals surface area contributed by atoms with Crippen LogP contribution in [-0.2, 0) is 6.54 Å². The largest absolute Gasteiger partial charge is 0.434 e. The molecule has 0 amide bonds. The normalized spacial score (nSPS) is 14.6. The molecule has 1 aliphatic heterocycles. The Hall–Kier alpha value is -3.62. The van der Waals surface area contributed by atoms with E-state index in [4.69, 9.17) is 0 Å². The summed E-state index contributed by atoms with van der Waals surface area (Å²) in [5.41, 5.74) is 0.932. The van der Waals surface area contributed by atoms with E-state index in [9.17, 15) is 23.7 Å². The Balaban J connectivity index is 1.83. The molecule has 0 bridgehead atoms. The molecule has 0 fully saturated rings. The second-order valence-corrected chi connectivity index (χ2v) is 6.19. The highest BCUT2D eigenvalue weighted by Crippen LogP contribution is 2.31. The van der Waals surface area contributed by atoms with Gasteiger partial charge in [0.05, 0.1) is 15.8 Å². The molecule has 3 aromatic rings. The number of aromatic nitrogens is 2. The van der Waals surface area contributed by atoms with Crippen molar-refractivity contribution < 1.29 is 18.4 Å². The first-order valence-electron chi connectivity index (χ1n) is 8.38. The van der Waals surface area contributed by atoms with Crippen LogP contribution >= 0.6 is 0 Å². The molecule has 0 atom stereocenters. The van der Waals surface area contributed by atoms with Crippen LogP contribution in [0.4, 0.5) is 14.5 Å². The number of alkyl halides is 2. The fourth-order valence-corrected chi connectivity index (χ4v) is 3.25. The van der Waals surface area contributed by atoms with Gasteiger partial charge >= 0.3 is 6.61 Å². The summed E-state index contributed by atoms with van der Waals surface area (Å²) in [5.74, 6) is 0.445. The Bertz CT molecular complexity index is 1190. The van der Waals surface area contributed by atoms with Gasteiger partial charge < -0.3 is 4.74 Å². The first-order chi connectivity index (χ1) is 13.4. The van der Waals surface area contributed by atoms with Crippen molar-refractivity contribution in [3.63, 3.8) is 0 Å². The third kappa shape index (κ3) is 3.11. The fraction of sp³-hybridized carbons (Fsp3) is 0.158. The van der Waals surface area contributed by atoms with Crippen LogP contribution in [0.2, 0.25) is 0 Å². The Morgan fingerprint density at radius 1 is 1.25 bits per heavy atom. The van der Waals surface area contributed by atoms with Crippen LogP contribution in [0.5, 0.6) is 5.75 Å². The predicted molar refractivity (Wildman–Crippen MR) is 98.2 cm³/mol. The number of halogens is 2. The van der Waals surface area contributed by atoms with Gasteiger partial charge in [0.2, 0.25) is 0 Å². The van der Waals surface area contributed by atoms with Gasteiger partial charge in [0, 0.05) is 24.2 Å². The van der Waals surface area contributed by atoms with Gasteiger partial charge in [0.25, 0.3) is 11.2 Å². The highest BCUT2D eigenvalue weighted by Gasteiger charge is 2.22. The highest BCUT2D eigenvalue weighted by molar-refractivity contribution is 5.86. The van der Waals surface area contributed by atoms with Crippen molar-refractivity contribution in [1.82, 2.24) is 9.55 Å². The number of para-hydroxylation sites is 1. The van der Waals surface area contributed by atoms with Crippen molar-refractivity contribution in [1.29, 1.82) is 0 Å². The van der Waals surface area contributed by atoms with Gasteiger partial charge in [0.15, 0.2) is 0 Å². The lowest BCUT2D eigenvalue weighted by Crippen LogP contribution is -2.20. The van der Waals surface area contributed by atoms with Gasteiger partial charge in [-0.25, -0.2) is 4.98 Å². The summed E-state index contributed by atoms with van der Waals surface area (Å²) in [5, 5.41) is 11.1. The monoisotopic (exact) mass is 385 g/mol. The third-order valence-electron chi connectivity index (χ3n) is 4.51. The highest BCUT2D eigenvalue weighted by atomic mass is 19.3. The quantitative estimate of drug-likeness (QED) is 0.503. The van der Waals surface area contributed by atoms with Crippen molar-refractivity contribution in [3.8, 4) is 5.75 Å². The van der Waals surface area contributed by atoms with E-state index in [0.717, 1.165) is 0 Å². The molecule has 142 valence electrons. The van der Waals surface area contributed by atoms with E-state index in [1.807, 2.05) is 0 Å². The van der Waals surface area contributed by atoms with E-state index < -0.39 is 11.5 Å². The maximum atomic E-state index is 12.8. The van der Waals surface area contributed by atoms with Gasteiger partial charge in [-0.3, -0.25) is 19.5 Å². The van der Waals surface area contributed by atoms with Gasteiger partial charge in [-0.1, -0.05) is 18.2 Å². The van der Waals surface area contributed by atoms with Crippen LogP contribution in [0.3, 0.4) is 0 Å². The Morgan fingerprint density at radius 3 is 2.79 bits per heavy atom. The molecule has 0 saturated carbocycles. The summed E-state index contributed by atoms with van der Waals surface area (Å²) in [6.45, 7) is -2.60. The second kappa shape index (κ2) is 6.84. The van der Waals surface area contributed by atoms with E-state index in [-0.39, 0.29) is 22.4 Å². The van der Waals surface area contributed by atoms with Crippen LogP contribution in [0.1, 0.15) is 17.8 Å². The zero-order chi connectivity index (χ0) is 19.8. The summed E-state index contributed by atoms with van der Waals surface area (Å²) in [4.78, 5) is 27.6. The summed E-state index contributed by atoms with van der Waals surface area (Å²) in [6.07, 6.45) is 2.14. The van der Waals surface area contributed by atoms with Crippen molar-refractivity contribution in [2.24, 2.45) is 0 Å². The molecule has 0 N–H and O–H groups in total. The van der Waals surface area contributed by atoms with Gasteiger partial charge in [0.1, 0.15) is 11.6 Å². The van der Waals surface area contributed by atoms with Gasteiger partial charge in [-0.05, 0) is 30.2 Å². The molecule has 9 heteroatoms. The number of fused-ring (bicyclic) bond motifs is 2. The van der Waals surface area contributed by atoms with E-state index in [1.165, 1.54) is 28.8 Å². The van der Waals surface area contributed by atoms with Crippen LogP contribution in [0.25, 0.3) is 22.6 Å². The SMILES string of the molecule is O=c1c2cc([N+](=O)[O-])ccc2nc2n1CC/C2=C/c1ccccc1OC(F)F. The number of hydrogen-bond acceptors (Lipinski definition) is 5.